The van der Waals surface area contributed by atoms with E-state index < -0.39 is 0 Å². The van der Waals surface area contributed by atoms with Gasteiger partial charge in [0.1, 0.15) is 0 Å². The molecule has 0 saturated carbocycles. The van der Waals surface area contributed by atoms with E-state index in [1.165, 1.54) is 0 Å². The molecule has 1 aromatic carbocycles. The number of nitrogen functional groups attached to an aromatic ring is 1. The van der Waals surface area contributed by atoms with E-state index in [1.54, 1.807) is 18.6 Å². The molecule has 0 aliphatic heterocycles. The fraction of sp³-hybridized carbons (Fsp3) is 0.200. The number of pyridine rings is 1. The van der Waals surface area contributed by atoms with Gasteiger partial charge < -0.3 is 15.6 Å². The lowest BCUT2D eigenvalue weighted by atomic mass is 10.1. The summed E-state index contributed by atoms with van der Waals surface area (Å²) in [5, 5.41) is 5.59. The van der Waals surface area contributed by atoms with Gasteiger partial charge in [0.05, 0.1) is 6.33 Å². The van der Waals surface area contributed by atoms with E-state index in [2.05, 4.69) is 26.8 Å². The van der Waals surface area contributed by atoms with Gasteiger partial charge >= 0.3 is 0 Å². The third kappa shape index (κ3) is 2.42. The van der Waals surface area contributed by atoms with Crippen LogP contribution in [0.15, 0.2) is 49.3 Å². The average molecular weight is 267 g/mol. The summed E-state index contributed by atoms with van der Waals surface area (Å²) in [5.41, 5.74) is 7.81. The Balaban J connectivity index is 1.85. The molecule has 102 valence electrons. The summed E-state index contributed by atoms with van der Waals surface area (Å²) in [6.07, 6.45) is 9.16. The average Bonchev–Trinajstić information content (AvgIpc) is 2.95. The molecule has 0 saturated heterocycles. The number of hydrogen-bond donors (Lipinski definition) is 2. The Kier molecular flexibility index (Phi) is 3.25. The molecule has 0 radical (unpaired) electrons. The number of benzene rings is 1. The molecule has 5 heteroatoms. The highest BCUT2D eigenvalue weighted by molar-refractivity contribution is 6.00. The van der Waals surface area contributed by atoms with Crippen LogP contribution in [0.1, 0.15) is 6.92 Å². The van der Waals surface area contributed by atoms with Crippen LogP contribution in [-0.2, 0) is 6.54 Å². The normalized spacial score (nSPS) is 12.4. The highest BCUT2D eigenvalue weighted by Crippen LogP contribution is 2.27. The van der Waals surface area contributed by atoms with Crippen molar-refractivity contribution in [1.29, 1.82) is 0 Å². The Hall–Kier alpha value is -2.56. The largest absolute Gasteiger partial charge is 0.398 e. The Morgan fingerprint density at radius 2 is 2.10 bits per heavy atom. The molecule has 2 heterocycles. The Morgan fingerprint density at radius 3 is 2.90 bits per heavy atom. The number of rotatable bonds is 4. The summed E-state index contributed by atoms with van der Waals surface area (Å²) in [6, 6.07) is 6.19. The van der Waals surface area contributed by atoms with Crippen molar-refractivity contribution in [2.24, 2.45) is 0 Å². The van der Waals surface area contributed by atoms with E-state index in [4.69, 9.17) is 5.73 Å². The molecule has 1 unspecified atom stereocenters. The van der Waals surface area contributed by atoms with E-state index >= 15 is 0 Å². The van der Waals surface area contributed by atoms with Gasteiger partial charge in [0.2, 0.25) is 0 Å². The van der Waals surface area contributed by atoms with Crippen molar-refractivity contribution >= 4 is 22.1 Å². The van der Waals surface area contributed by atoms with Crippen molar-refractivity contribution in [3.63, 3.8) is 0 Å². The molecule has 3 aromatic rings. The first kappa shape index (κ1) is 12.5. The Bertz CT molecular complexity index is 705. The van der Waals surface area contributed by atoms with Crippen molar-refractivity contribution in [3.05, 3.63) is 49.3 Å². The molecule has 0 bridgehead atoms. The van der Waals surface area contributed by atoms with Crippen molar-refractivity contribution in [2.45, 2.75) is 19.5 Å². The third-order valence-corrected chi connectivity index (χ3v) is 3.30. The van der Waals surface area contributed by atoms with Gasteiger partial charge in [-0.25, -0.2) is 4.98 Å². The van der Waals surface area contributed by atoms with E-state index in [9.17, 15) is 0 Å². The fourth-order valence-corrected chi connectivity index (χ4v) is 2.36. The van der Waals surface area contributed by atoms with Gasteiger partial charge in [0.25, 0.3) is 0 Å². The number of hydrogen-bond acceptors (Lipinski definition) is 4. The lowest BCUT2D eigenvalue weighted by Gasteiger charge is -2.18. The molecule has 0 aliphatic carbocycles. The van der Waals surface area contributed by atoms with E-state index in [-0.39, 0.29) is 6.04 Å². The molecule has 1 atom stereocenters. The summed E-state index contributed by atoms with van der Waals surface area (Å²) in [5.74, 6) is 0. The van der Waals surface area contributed by atoms with Crippen molar-refractivity contribution in [2.75, 3.05) is 11.1 Å². The molecular weight excluding hydrogens is 250 g/mol. The summed E-state index contributed by atoms with van der Waals surface area (Å²) in [4.78, 5) is 8.19. The molecular formula is C15H17N5. The smallest absolute Gasteiger partial charge is 0.0946 e. The van der Waals surface area contributed by atoms with Gasteiger partial charge in [-0.15, -0.1) is 0 Å². The first-order valence-corrected chi connectivity index (χ1v) is 6.58. The predicted octanol–water partition coefficient (Wildman–Crippen LogP) is 2.51. The second-order valence-corrected chi connectivity index (χ2v) is 4.93. The van der Waals surface area contributed by atoms with Gasteiger partial charge in [-0.3, -0.25) is 4.98 Å². The third-order valence-electron chi connectivity index (χ3n) is 3.30. The van der Waals surface area contributed by atoms with Crippen molar-refractivity contribution < 1.29 is 0 Å². The zero-order chi connectivity index (χ0) is 13.9. The van der Waals surface area contributed by atoms with Crippen LogP contribution in [0.25, 0.3) is 10.8 Å². The molecule has 0 fully saturated rings. The van der Waals surface area contributed by atoms with E-state index in [0.717, 1.165) is 28.7 Å². The Morgan fingerprint density at radius 1 is 1.20 bits per heavy atom. The van der Waals surface area contributed by atoms with Crippen LogP contribution in [0.4, 0.5) is 11.4 Å². The van der Waals surface area contributed by atoms with Crippen LogP contribution in [0.5, 0.6) is 0 Å². The summed E-state index contributed by atoms with van der Waals surface area (Å²) >= 11 is 0. The zero-order valence-corrected chi connectivity index (χ0v) is 11.3. The molecule has 3 N–H and O–H groups in total. The maximum Gasteiger partial charge on any atom is 0.0946 e. The number of nitrogens with zero attached hydrogens (tertiary/aromatic N) is 3. The van der Waals surface area contributed by atoms with Crippen LogP contribution in [0, 0.1) is 0 Å². The van der Waals surface area contributed by atoms with Gasteiger partial charge in [0.15, 0.2) is 0 Å². The first-order valence-electron chi connectivity index (χ1n) is 6.58. The summed E-state index contributed by atoms with van der Waals surface area (Å²) in [7, 11) is 0. The number of anilines is 2. The van der Waals surface area contributed by atoms with Gasteiger partial charge in [0, 0.05) is 59.5 Å². The second kappa shape index (κ2) is 5.21. The minimum absolute atomic E-state index is 0.282. The molecule has 3 rings (SSSR count). The van der Waals surface area contributed by atoms with Gasteiger partial charge in [-0.1, -0.05) is 0 Å². The van der Waals surface area contributed by atoms with E-state index in [1.807, 2.05) is 30.7 Å². The summed E-state index contributed by atoms with van der Waals surface area (Å²) in [6.45, 7) is 3.00. The quantitative estimate of drug-likeness (QED) is 0.713. The molecule has 2 aromatic heterocycles. The second-order valence-electron chi connectivity index (χ2n) is 4.93. The van der Waals surface area contributed by atoms with Crippen LogP contribution in [-0.4, -0.2) is 20.6 Å². The van der Waals surface area contributed by atoms with Crippen LogP contribution in [0.3, 0.4) is 0 Å². The van der Waals surface area contributed by atoms with E-state index in [0.29, 0.717) is 0 Å². The maximum atomic E-state index is 5.99. The van der Waals surface area contributed by atoms with Gasteiger partial charge in [-0.05, 0) is 25.1 Å². The number of aromatic nitrogens is 3. The SMILES string of the molecule is CC(Cn1ccnc1)Nc1ccc(N)c2cnccc12. The maximum absolute atomic E-state index is 5.99. The molecule has 20 heavy (non-hydrogen) atoms. The minimum Gasteiger partial charge on any atom is -0.398 e. The first-order chi connectivity index (χ1) is 9.74. The molecule has 5 nitrogen and oxygen atoms in total. The van der Waals surface area contributed by atoms with Crippen LogP contribution >= 0.6 is 0 Å². The monoisotopic (exact) mass is 267 g/mol. The zero-order valence-electron chi connectivity index (χ0n) is 11.3. The molecule has 0 spiro atoms. The van der Waals surface area contributed by atoms with Crippen molar-refractivity contribution in [3.8, 4) is 0 Å². The number of nitrogens with two attached hydrogens (primary N) is 1. The van der Waals surface area contributed by atoms with Crippen LogP contribution in [0.2, 0.25) is 0 Å². The highest BCUT2D eigenvalue weighted by atomic mass is 15.1. The topological polar surface area (TPSA) is 68.8 Å². The standard InChI is InChI=1S/C15H17N5/c1-11(9-20-7-6-18-10-20)19-15-3-2-14(16)13-8-17-5-4-12(13)15/h2-8,10-11,19H,9,16H2,1H3. The number of fused-ring (bicyclic) bond motifs is 1. The number of imidazole rings is 1. The van der Waals surface area contributed by atoms with Gasteiger partial charge in [-0.2, -0.15) is 0 Å². The van der Waals surface area contributed by atoms with Crippen LogP contribution < -0.4 is 11.1 Å². The molecule has 0 amide bonds. The Labute approximate surface area is 117 Å². The highest BCUT2D eigenvalue weighted by Gasteiger charge is 2.07. The van der Waals surface area contributed by atoms with Crippen molar-refractivity contribution in [1.82, 2.24) is 14.5 Å². The minimum atomic E-state index is 0.282. The lowest BCUT2D eigenvalue weighted by molar-refractivity contribution is 0.619. The fourth-order valence-electron chi connectivity index (χ4n) is 2.36. The number of nitrogens with one attached hydrogen (secondary N) is 1. The summed E-state index contributed by atoms with van der Waals surface area (Å²) < 4.78 is 2.05. The predicted molar refractivity (Wildman–Crippen MR) is 81.5 cm³/mol. The lowest BCUT2D eigenvalue weighted by Crippen LogP contribution is -2.21. The molecule has 0 aliphatic rings.